The number of aromatic nitrogens is 2. The lowest BCUT2D eigenvalue weighted by Crippen LogP contribution is -2.12. The van der Waals surface area contributed by atoms with Crippen molar-refractivity contribution in [2.75, 3.05) is 19.5 Å². The Morgan fingerprint density at radius 2 is 1.79 bits per heavy atom. The molecule has 0 atom stereocenters. The zero-order chi connectivity index (χ0) is 19.5. The first-order chi connectivity index (χ1) is 13.7. The van der Waals surface area contributed by atoms with Crippen molar-refractivity contribution >= 4 is 33.3 Å². The average molecular weight is 391 g/mol. The Balaban J connectivity index is 1.52. The second kappa shape index (κ2) is 7.66. The van der Waals surface area contributed by atoms with E-state index in [-0.39, 0.29) is 5.91 Å². The van der Waals surface area contributed by atoms with Gasteiger partial charge in [-0.2, -0.15) is 0 Å². The molecule has 0 saturated carbocycles. The molecule has 0 radical (unpaired) electrons. The normalized spacial score (nSPS) is 10.6. The van der Waals surface area contributed by atoms with Crippen LogP contribution in [-0.4, -0.2) is 30.1 Å². The number of rotatable bonds is 5. The van der Waals surface area contributed by atoms with Crippen LogP contribution >= 0.6 is 11.3 Å². The number of anilines is 1. The number of hydrogen-bond acceptors (Lipinski definition) is 6. The summed E-state index contributed by atoms with van der Waals surface area (Å²) in [7, 11) is 3.09. The quantitative estimate of drug-likeness (QED) is 0.537. The summed E-state index contributed by atoms with van der Waals surface area (Å²) in [4.78, 5) is 21.3. The summed E-state index contributed by atoms with van der Waals surface area (Å²) >= 11 is 1.59. The molecule has 1 amide bonds. The average Bonchev–Trinajstić information content (AvgIpc) is 3.18. The van der Waals surface area contributed by atoms with Crippen molar-refractivity contribution in [3.8, 4) is 22.1 Å². The molecule has 1 N–H and O–H groups in total. The Kier molecular flexibility index (Phi) is 4.90. The van der Waals surface area contributed by atoms with Gasteiger partial charge in [-0.1, -0.05) is 0 Å². The van der Waals surface area contributed by atoms with Crippen LogP contribution < -0.4 is 14.8 Å². The van der Waals surface area contributed by atoms with Gasteiger partial charge in [0.15, 0.2) is 17.1 Å². The minimum absolute atomic E-state index is 0.224. The van der Waals surface area contributed by atoms with Gasteiger partial charge in [0.2, 0.25) is 0 Å². The molecule has 0 aliphatic carbocycles. The third-order valence-electron chi connectivity index (χ3n) is 4.20. The number of nitrogens with one attached hydrogen (secondary N) is 1. The van der Waals surface area contributed by atoms with E-state index < -0.39 is 0 Å². The van der Waals surface area contributed by atoms with E-state index in [9.17, 15) is 4.79 Å². The molecule has 4 rings (SSSR count). The highest BCUT2D eigenvalue weighted by Crippen LogP contribution is 2.30. The number of carbonyl (C=O) groups is 1. The lowest BCUT2D eigenvalue weighted by atomic mass is 10.1. The smallest absolute Gasteiger partial charge is 0.255 e. The zero-order valence-corrected chi connectivity index (χ0v) is 16.1. The van der Waals surface area contributed by atoms with Gasteiger partial charge in [-0.05, 0) is 54.6 Å². The second-order valence-corrected chi connectivity index (χ2v) is 6.98. The zero-order valence-electron chi connectivity index (χ0n) is 15.3. The fraction of sp³-hybridized carbons (Fsp3) is 0.0952. The highest BCUT2D eigenvalue weighted by molar-refractivity contribution is 7.21. The molecule has 2 aromatic heterocycles. The lowest BCUT2D eigenvalue weighted by molar-refractivity contribution is 0.102. The van der Waals surface area contributed by atoms with Crippen molar-refractivity contribution < 1.29 is 14.3 Å². The van der Waals surface area contributed by atoms with Crippen LogP contribution in [0.3, 0.4) is 0 Å². The molecule has 0 aliphatic heterocycles. The van der Waals surface area contributed by atoms with Crippen molar-refractivity contribution in [3.05, 3.63) is 66.4 Å². The third kappa shape index (κ3) is 3.52. The van der Waals surface area contributed by atoms with Crippen molar-refractivity contribution in [3.63, 3.8) is 0 Å². The van der Waals surface area contributed by atoms with Crippen molar-refractivity contribution in [2.24, 2.45) is 0 Å². The van der Waals surface area contributed by atoms with Crippen molar-refractivity contribution in [1.82, 2.24) is 9.97 Å². The van der Waals surface area contributed by atoms with Gasteiger partial charge in [-0.15, -0.1) is 11.3 Å². The summed E-state index contributed by atoms with van der Waals surface area (Å²) in [5.41, 5.74) is 2.90. The fourth-order valence-corrected chi connectivity index (χ4v) is 3.70. The van der Waals surface area contributed by atoms with E-state index in [1.807, 2.05) is 36.4 Å². The first-order valence-corrected chi connectivity index (χ1v) is 9.35. The Morgan fingerprint density at radius 1 is 1.00 bits per heavy atom. The van der Waals surface area contributed by atoms with Gasteiger partial charge in [0.05, 0.1) is 18.9 Å². The monoisotopic (exact) mass is 391 g/mol. The van der Waals surface area contributed by atoms with E-state index in [1.54, 1.807) is 42.8 Å². The Labute approximate surface area is 165 Å². The SMILES string of the molecule is COc1ccc(C(=O)Nc2ccc(-c3nc4ncccc4s3)cc2)cc1OC. The van der Waals surface area contributed by atoms with E-state index in [2.05, 4.69) is 15.3 Å². The van der Waals surface area contributed by atoms with Crippen LogP contribution in [-0.2, 0) is 0 Å². The van der Waals surface area contributed by atoms with Crippen LogP contribution in [0.5, 0.6) is 11.5 Å². The van der Waals surface area contributed by atoms with Gasteiger partial charge < -0.3 is 14.8 Å². The van der Waals surface area contributed by atoms with Gasteiger partial charge in [0, 0.05) is 23.0 Å². The summed E-state index contributed by atoms with van der Waals surface area (Å²) < 4.78 is 11.5. The molecule has 28 heavy (non-hydrogen) atoms. The number of thiazole rings is 1. The summed E-state index contributed by atoms with van der Waals surface area (Å²) in [6, 6.07) is 16.5. The predicted octanol–water partition coefficient (Wildman–Crippen LogP) is 4.63. The molecule has 0 unspecified atom stereocenters. The van der Waals surface area contributed by atoms with Gasteiger partial charge in [0.25, 0.3) is 5.91 Å². The van der Waals surface area contributed by atoms with E-state index in [1.165, 1.54) is 7.11 Å². The minimum atomic E-state index is -0.224. The number of pyridine rings is 1. The van der Waals surface area contributed by atoms with Gasteiger partial charge >= 0.3 is 0 Å². The summed E-state index contributed by atoms with van der Waals surface area (Å²) in [6.45, 7) is 0. The maximum absolute atomic E-state index is 12.5. The molecule has 0 spiro atoms. The number of ether oxygens (including phenoxy) is 2. The predicted molar refractivity (Wildman–Crippen MR) is 110 cm³/mol. The van der Waals surface area contributed by atoms with Crippen molar-refractivity contribution in [1.29, 1.82) is 0 Å². The topological polar surface area (TPSA) is 73.3 Å². The van der Waals surface area contributed by atoms with E-state index in [0.717, 1.165) is 20.9 Å². The Morgan fingerprint density at radius 3 is 2.50 bits per heavy atom. The molecule has 6 nitrogen and oxygen atoms in total. The van der Waals surface area contributed by atoms with Gasteiger partial charge in [-0.3, -0.25) is 4.79 Å². The number of fused-ring (bicyclic) bond motifs is 1. The molecule has 0 aliphatic rings. The molecular formula is C21H17N3O3S. The summed E-state index contributed by atoms with van der Waals surface area (Å²) in [6.07, 6.45) is 1.73. The molecule has 0 bridgehead atoms. The molecule has 0 saturated heterocycles. The molecule has 2 heterocycles. The Bertz CT molecular complexity index is 1110. The largest absolute Gasteiger partial charge is 0.493 e. The number of hydrogen-bond donors (Lipinski definition) is 1. The van der Waals surface area contributed by atoms with Crippen LogP contribution in [0.25, 0.3) is 20.9 Å². The van der Waals surface area contributed by atoms with Crippen LogP contribution in [0, 0.1) is 0 Å². The third-order valence-corrected chi connectivity index (χ3v) is 5.26. The number of amides is 1. The lowest BCUT2D eigenvalue weighted by Gasteiger charge is -2.10. The minimum Gasteiger partial charge on any atom is -0.493 e. The van der Waals surface area contributed by atoms with Crippen molar-refractivity contribution in [2.45, 2.75) is 0 Å². The highest BCUT2D eigenvalue weighted by atomic mass is 32.1. The van der Waals surface area contributed by atoms with E-state index in [4.69, 9.17) is 9.47 Å². The molecule has 4 aromatic rings. The molecule has 7 heteroatoms. The molecular weight excluding hydrogens is 374 g/mol. The first kappa shape index (κ1) is 17.9. The summed E-state index contributed by atoms with van der Waals surface area (Å²) in [5, 5.41) is 3.78. The van der Waals surface area contributed by atoms with E-state index in [0.29, 0.717) is 22.7 Å². The Hall–Kier alpha value is -3.45. The number of carbonyl (C=O) groups excluding carboxylic acids is 1. The first-order valence-electron chi connectivity index (χ1n) is 8.53. The molecule has 140 valence electrons. The summed E-state index contributed by atoms with van der Waals surface area (Å²) in [5.74, 6) is 0.863. The van der Waals surface area contributed by atoms with Crippen LogP contribution in [0.4, 0.5) is 5.69 Å². The highest BCUT2D eigenvalue weighted by Gasteiger charge is 2.12. The number of benzene rings is 2. The molecule has 0 fully saturated rings. The van der Waals surface area contributed by atoms with Gasteiger partial charge in [-0.25, -0.2) is 9.97 Å². The van der Waals surface area contributed by atoms with Gasteiger partial charge in [0.1, 0.15) is 5.01 Å². The van der Waals surface area contributed by atoms with Crippen LogP contribution in [0.15, 0.2) is 60.8 Å². The maximum atomic E-state index is 12.5. The molecule has 2 aromatic carbocycles. The maximum Gasteiger partial charge on any atom is 0.255 e. The standard InChI is InChI=1S/C21H17N3O3S/c1-26-16-10-7-14(12-17(16)27-2)20(25)23-15-8-5-13(6-9-15)21-24-19-18(28-21)4-3-11-22-19/h3-12H,1-2H3,(H,23,25). The second-order valence-electron chi connectivity index (χ2n) is 5.95. The number of nitrogens with zero attached hydrogens (tertiary/aromatic N) is 2. The van der Waals surface area contributed by atoms with Crippen LogP contribution in [0.2, 0.25) is 0 Å². The van der Waals surface area contributed by atoms with Crippen LogP contribution in [0.1, 0.15) is 10.4 Å². The van der Waals surface area contributed by atoms with E-state index >= 15 is 0 Å². The fourth-order valence-electron chi connectivity index (χ4n) is 2.77. The number of methoxy groups -OCH3 is 2.